The summed E-state index contributed by atoms with van der Waals surface area (Å²) in [4.78, 5) is 11.0. The zero-order valence-electron chi connectivity index (χ0n) is 9.63. The first-order valence-corrected chi connectivity index (χ1v) is 5.59. The van der Waals surface area contributed by atoms with E-state index in [1.165, 1.54) is 6.07 Å². The number of rotatable bonds is 4. The van der Waals surface area contributed by atoms with Crippen LogP contribution in [-0.4, -0.2) is 24.2 Å². The molecule has 1 aromatic carbocycles. The maximum absolute atomic E-state index is 12.9. The molecule has 0 amide bonds. The molecule has 0 unspecified atom stereocenters. The molecule has 0 bridgehead atoms. The molecule has 0 fully saturated rings. The maximum Gasteiger partial charge on any atom is 0.325 e. The summed E-state index contributed by atoms with van der Waals surface area (Å²) >= 11 is 4.87. The van der Waals surface area contributed by atoms with Gasteiger partial charge >= 0.3 is 5.97 Å². The standard InChI is InChI=1S/C11H12F2N2O2S/c1-2-17-10(16)6-14-11(18)15-7-3-4-8(12)9(13)5-7/h3-5H,2,6H2,1H3,(H2,14,15,18). The highest BCUT2D eigenvalue weighted by molar-refractivity contribution is 7.80. The summed E-state index contributed by atoms with van der Waals surface area (Å²) in [6.07, 6.45) is 0. The van der Waals surface area contributed by atoms with Crippen LogP contribution in [0, 0.1) is 11.6 Å². The van der Waals surface area contributed by atoms with E-state index in [9.17, 15) is 13.6 Å². The zero-order chi connectivity index (χ0) is 13.5. The number of thiocarbonyl (C=S) groups is 1. The van der Waals surface area contributed by atoms with Crippen molar-refractivity contribution in [2.24, 2.45) is 0 Å². The van der Waals surface area contributed by atoms with Crippen molar-refractivity contribution < 1.29 is 18.3 Å². The van der Waals surface area contributed by atoms with Crippen LogP contribution in [0.1, 0.15) is 6.92 Å². The van der Waals surface area contributed by atoms with Crippen molar-refractivity contribution in [1.29, 1.82) is 0 Å². The summed E-state index contributed by atoms with van der Waals surface area (Å²) in [6.45, 7) is 1.88. The Morgan fingerprint density at radius 1 is 1.39 bits per heavy atom. The van der Waals surface area contributed by atoms with E-state index < -0.39 is 17.6 Å². The third kappa shape index (κ3) is 4.62. The van der Waals surface area contributed by atoms with Gasteiger partial charge in [0.25, 0.3) is 0 Å². The quantitative estimate of drug-likeness (QED) is 0.648. The van der Waals surface area contributed by atoms with Crippen LogP contribution in [-0.2, 0) is 9.53 Å². The van der Waals surface area contributed by atoms with Crippen molar-refractivity contribution >= 4 is 29.0 Å². The first-order chi connectivity index (χ1) is 8.52. The van der Waals surface area contributed by atoms with Gasteiger partial charge < -0.3 is 15.4 Å². The van der Waals surface area contributed by atoms with E-state index in [-0.39, 0.29) is 24.0 Å². The molecule has 7 heteroatoms. The highest BCUT2D eigenvalue weighted by Crippen LogP contribution is 2.12. The highest BCUT2D eigenvalue weighted by Gasteiger charge is 2.05. The lowest BCUT2D eigenvalue weighted by Crippen LogP contribution is -2.33. The van der Waals surface area contributed by atoms with Crippen molar-refractivity contribution in [3.63, 3.8) is 0 Å². The van der Waals surface area contributed by atoms with Crippen LogP contribution >= 0.6 is 12.2 Å². The van der Waals surface area contributed by atoms with Crippen molar-refractivity contribution in [2.45, 2.75) is 6.92 Å². The molecule has 98 valence electrons. The van der Waals surface area contributed by atoms with E-state index in [1.54, 1.807) is 6.92 Å². The summed E-state index contributed by atoms with van der Waals surface area (Å²) in [5.74, 6) is -2.37. The number of nitrogens with one attached hydrogen (secondary N) is 2. The smallest absolute Gasteiger partial charge is 0.325 e. The number of carbonyl (C=O) groups excluding carboxylic acids is 1. The lowest BCUT2D eigenvalue weighted by molar-refractivity contribution is -0.141. The molecule has 0 radical (unpaired) electrons. The van der Waals surface area contributed by atoms with Crippen LogP contribution in [0.3, 0.4) is 0 Å². The summed E-state index contributed by atoms with van der Waals surface area (Å²) in [5.41, 5.74) is 0.287. The molecular formula is C11H12F2N2O2S. The molecule has 1 aromatic rings. The zero-order valence-corrected chi connectivity index (χ0v) is 10.4. The number of halogens is 2. The van der Waals surface area contributed by atoms with E-state index >= 15 is 0 Å². The first kappa shape index (κ1) is 14.3. The summed E-state index contributed by atoms with van der Waals surface area (Å²) in [7, 11) is 0. The number of benzene rings is 1. The summed E-state index contributed by atoms with van der Waals surface area (Å²) < 4.78 is 30.2. The van der Waals surface area contributed by atoms with E-state index in [4.69, 9.17) is 12.2 Å². The van der Waals surface area contributed by atoms with Crippen molar-refractivity contribution in [3.05, 3.63) is 29.8 Å². The van der Waals surface area contributed by atoms with Gasteiger partial charge in [-0.3, -0.25) is 4.79 Å². The predicted octanol–water partition coefficient (Wildman–Crippen LogP) is 1.81. The lowest BCUT2D eigenvalue weighted by atomic mass is 10.3. The van der Waals surface area contributed by atoms with Crippen LogP contribution in [0.5, 0.6) is 0 Å². The van der Waals surface area contributed by atoms with Gasteiger partial charge in [0.05, 0.1) is 6.61 Å². The van der Waals surface area contributed by atoms with Gasteiger partial charge in [-0.25, -0.2) is 8.78 Å². The number of carbonyl (C=O) groups is 1. The largest absolute Gasteiger partial charge is 0.465 e. The average Bonchev–Trinajstić information content (AvgIpc) is 2.32. The first-order valence-electron chi connectivity index (χ1n) is 5.18. The van der Waals surface area contributed by atoms with Gasteiger partial charge in [0, 0.05) is 11.8 Å². The van der Waals surface area contributed by atoms with Crippen LogP contribution in [0.15, 0.2) is 18.2 Å². The molecule has 0 saturated carbocycles. The normalized spacial score (nSPS) is 9.72. The monoisotopic (exact) mass is 274 g/mol. The number of anilines is 1. The molecule has 0 aliphatic heterocycles. The third-order valence-corrected chi connectivity index (χ3v) is 2.12. The van der Waals surface area contributed by atoms with E-state index in [2.05, 4.69) is 15.4 Å². The van der Waals surface area contributed by atoms with Gasteiger partial charge in [0.15, 0.2) is 16.7 Å². The second-order valence-corrected chi connectivity index (χ2v) is 3.65. The van der Waals surface area contributed by atoms with Crippen LogP contribution in [0.2, 0.25) is 0 Å². The molecule has 0 heterocycles. The fourth-order valence-electron chi connectivity index (χ4n) is 1.11. The number of esters is 1. The molecule has 0 aliphatic carbocycles. The predicted molar refractivity (Wildman–Crippen MR) is 67.2 cm³/mol. The fourth-order valence-corrected chi connectivity index (χ4v) is 1.30. The molecule has 2 N–H and O–H groups in total. The van der Waals surface area contributed by atoms with Crippen molar-refractivity contribution in [1.82, 2.24) is 5.32 Å². The van der Waals surface area contributed by atoms with Gasteiger partial charge in [-0.05, 0) is 31.3 Å². The molecule has 1 rings (SSSR count). The summed E-state index contributed by atoms with van der Waals surface area (Å²) in [6, 6.07) is 3.27. The Kier molecular flexibility index (Phi) is 5.44. The Morgan fingerprint density at radius 3 is 2.72 bits per heavy atom. The number of ether oxygens (including phenoxy) is 1. The van der Waals surface area contributed by atoms with Gasteiger partial charge in [-0.1, -0.05) is 0 Å². The Bertz CT molecular complexity index is 455. The van der Waals surface area contributed by atoms with E-state index in [1.807, 2.05) is 0 Å². The second-order valence-electron chi connectivity index (χ2n) is 3.24. The molecule has 0 aromatic heterocycles. The molecule has 0 spiro atoms. The SMILES string of the molecule is CCOC(=O)CNC(=S)Nc1ccc(F)c(F)c1. The number of hydrogen-bond acceptors (Lipinski definition) is 3. The fraction of sp³-hybridized carbons (Fsp3) is 0.273. The molecule has 0 atom stereocenters. The minimum atomic E-state index is -0.979. The summed E-state index contributed by atoms with van der Waals surface area (Å²) in [5, 5.41) is 5.31. The van der Waals surface area contributed by atoms with Crippen LogP contribution in [0.4, 0.5) is 14.5 Å². The Hall–Kier alpha value is -1.76. The second kappa shape index (κ2) is 6.85. The lowest BCUT2D eigenvalue weighted by Gasteiger charge is -2.10. The third-order valence-electron chi connectivity index (χ3n) is 1.88. The topological polar surface area (TPSA) is 50.4 Å². The van der Waals surface area contributed by atoms with Crippen LogP contribution in [0.25, 0.3) is 0 Å². The minimum Gasteiger partial charge on any atom is -0.465 e. The average molecular weight is 274 g/mol. The van der Waals surface area contributed by atoms with Gasteiger partial charge in [0.1, 0.15) is 6.54 Å². The van der Waals surface area contributed by atoms with Gasteiger partial charge in [0.2, 0.25) is 0 Å². The molecular weight excluding hydrogens is 262 g/mol. The van der Waals surface area contributed by atoms with E-state index in [0.29, 0.717) is 0 Å². The Morgan fingerprint density at radius 2 is 2.11 bits per heavy atom. The maximum atomic E-state index is 12.9. The van der Waals surface area contributed by atoms with Gasteiger partial charge in [-0.15, -0.1) is 0 Å². The Labute approximate surface area is 108 Å². The molecule has 18 heavy (non-hydrogen) atoms. The van der Waals surface area contributed by atoms with E-state index in [0.717, 1.165) is 12.1 Å². The molecule has 4 nitrogen and oxygen atoms in total. The van der Waals surface area contributed by atoms with Crippen molar-refractivity contribution in [3.8, 4) is 0 Å². The highest BCUT2D eigenvalue weighted by atomic mass is 32.1. The van der Waals surface area contributed by atoms with Crippen LogP contribution < -0.4 is 10.6 Å². The number of hydrogen-bond donors (Lipinski definition) is 2. The Balaban J connectivity index is 2.44. The molecule has 0 saturated heterocycles. The van der Waals surface area contributed by atoms with Gasteiger partial charge in [-0.2, -0.15) is 0 Å². The minimum absolute atomic E-state index is 0.0939. The molecule has 0 aliphatic rings. The van der Waals surface area contributed by atoms with Crippen molar-refractivity contribution in [2.75, 3.05) is 18.5 Å².